The van der Waals surface area contributed by atoms with Crippen LogP contribution in [0.5, 0.6) is 0 Å². The molecule has 0 amide bonds. The van der Waals surface area contributed by atoms with Crippen molar-refractivity contribution in [1.82, 2.24) is 5.32 Å². The van der Waals surface area contributed by atoms with Crippen LogP contribution < -0.4 is 5.32 Å². The predicted octanol–water partition coefficient (Wildman–Crippen LogP) is 2.87. The molecule has 0 saturated heterocycles. The Morgan fingerprint density at radius 1 is 1.13 bits per heavy atom. The Kier molecular flexibility index (Phi) is 4.77. The van der Waals surface area contributed by atoms with E-state index < -0.39 is 6.10 Å². The molecule has 0 aliphatic carbocycles. The van der Waals surface area contributed by atoms with Crippen molar-refractivity contribution in [1.29, 1.82) is 0 Å². The quantitative estimate of drug-likeness (QED) is 0.883. The summed E-state index contributed by atoms with van der Waals surface area (Å²) in [4.78, 5) is 0. The molecule has 84 valence electrons. The van der Waals surface area contributed by atoms with Gasteiger partial charge in [0.05, 0.1) is 6.10 Å². The summed E-state index contributed by atoms with van der Waals surface area (Å²) < 4.78 is 1.03. The van der Waals surface area contributed by atoms with Gasteiger partial charge in [0.25, 0.3) is 0 Å². The Morgan fingerprint density at radius 2 is 1.67 bits per heavy atom. The Hall–Kier alpha value is -0.380. The van der Waals surface area contributed by atoms with Crippen molar-refractivity contribution in [3.63, 3.8) is 0 Å². The summed E-state index contributed by atoms with van der Waals surface area (Å²) in [6.07, 6.45) is -0.458. The minimum Gasteiger partial charge on any atom is -0.387 e. The molecule has 3 heteroatoms. The molecule has 2 atom stereocenters. The zero-order valence-electron chi connectivity index (χ0n) is 9.37. The lowest BCUT2D eigenvalue weighted by atomic mass is 10.0. The average molecular weight is 272 g/mol. The molecule has 0 saturated carbocycles. The first-order valence-electron chi connectivity index (χ1n) is 5.20. The van der Waals surface area contributed by atoms with Gasteiger partial charge in [0.1, 0.15) is 0 Å². The zero-order chi connectivity index (χ0) is 11.4. The molecule has 0 heterocycles. The third kappa shape index (κ3) is 3.93. The summed E-state index contributed by atoms with van der Waals surface area (Å²) in [6, 6.07) is 8.21. The summed E-state index contributed by atoms with van der Waals surface area (Å²) in [5.74, 6) is 0. The largest absolute Gasteiger partial charge is 0.387 e. The van der Waals surface area contributed by atoms with E-state index >= 15 is 0 Å². The van der Waals surface area contributed by atoms with E-state index in [4.69, 9.17) is 0 Å². The molecule has 1 aromatic carbocycles. The topological polar surface area (TPSA) is 32.3 Å². The SMILES string of the molecule is CC(C)NC(C)C(O)c1ccc(Br)cc1. The maximum absolute atomic E-state index is 10.1. The number of nitrogens with one attached hydrogen (secondary N) is 1. The third-order valence-electron chi connectivity index (χ3n) is 2.28. The monoisotopic (exact) mass is 271 g/mol. The second-order valence-corrected chi connectivity index (χ2v) is 5.02. The Balaban J connectivity index is 2.67. The normalized spacial score (nSPS) is 15.3. The van der Waals surface area contributed by atoms with Crippen LogP contribution in [0.25, 0.3) is 0 Å². The Morgan fingerprint density at radius 3 is 2.13 bits per heavy atom. The molecule has 2 unspecified atom stereocenters. The number of hydrogen-bond acceptors (Lipinski definition) is 2. The van der Waals surface area contributed by atoms with Crippen molar-refractivity contribution in [2.75, 3.05) is 0 Å². The molecular weight excluding hydrogens is 254 g/mol. The van der Waals surface area contributed by atoms with Crippen LogP contribution in [0.2, 0.25) is 0 Å². The molecule has 0 bridgehead atoms. The van der Waals surface area contributed by atoms with Gasteiger partial charge in [-0.15, -0.1) is 0 Å². The lowest BCUT2D eigenvalue weighted by molar-refractivity contribution is 0.132. The summed E-state index contributed by atoms with van der Waals surface area (Å²) in [5, 5.41) is 13.3. The molecule has 2 N–H and O–H groups in total. The smallest absolute Gasteiger partial charge is 0.0940 e. The Labute approximate surface area is 99.8 Å². The first kappa shape index (κ1) is 12.7. The van der Waals surface area contributed by atoms with Gasteiger partial charge < -0.3 is 10.4 Å². The Bertz CT molecular complexity index is 297. The lowest BCUT2D eigenvalue weighted by Gasteiger charge is -2.22. The van der Waals surface area contributed by atoms with Crippen molar-refractivity contribution in [2.24, 2.45) is 0 Å². The number of hydrogen-bond donors (Lipinski definition) is 2. The van der Waals surface area contributed by atoms with Crippen LogP contribution in [0.1, 0.15) is 32.4 Å². The van der Waals surface area contributed by atoms with E-state index in [0.29, 0.717) is 6.04 Å². The molecule has 1 aromatic rings. The van der Waals surface area contributed by atoms with E-state index in [1.807, 2.05) is 31.2 Å². The fourth-order valence-electron chi connectivity index (χ4n) is 1.57. The summed E-state index contributed by atoms with van der Waals surface area (Å²) in [7, 11) is 0. The van der Waals surface area contributed by atoms with Crippen LogP contribution in [-0.4, -0.2) is 17.2 Å². The molecule has 0 fully saturated rings. The number of aliphatic hydroxyl groups is 1. The molecular formula is C12H18BrNO. The van der Waals surface area contributed by atoms with Crippen LogP contribution in [0.3, 0.4) is 0 Å². The van der Waals surface area contributed by atoms with Gasteiger partial charge in [0.15, 0.2) is 0 Å². The molecule has 15 heavy (non-hydrogen) atoms. The van der Waals surface area contributed by atoms with E-state index in [0.717, 1.165) is 10.0 Å². The summed E-state index contributed by atoms with van der Waals surface area (Å²) in [6.45, 7) is 6.14. The highest BCUT2D eigenvalue weighted by Crippen LogP contribution is 2.19. The van der Waals surface area contributed by atoms with E-state index in [1.54, 1.807) is 0 Å². The van der Waals surface area contributed by atoms with Crippen LogP contribution in [0.4, 0.5) is 0 Å². The minimum atomic E-state index is -0.458. The second kappa shape index (κ2) is 5.64. The van der Waals surface area contributed by atoms with E-state index in [2.05, 4.69) is 35.1 Å². The van der Waals surface area contributed by atoms with Gasteiger partial charge in [0.2, 0.25) is 0 Å². The van der Waals surface area contributed by atoms with Crippen LogP contribution >= 0.6 is 15.9 Å². The standard InChI is InChI=1S/C12H18BrNO/c1-8(2)14-9(3)12(15)10-4-6-11(13)7-5-10/h4-9,12,14-15H,1-3H3. The highest BCUT2D eigenvalue weighted by molar-refractivity contribution is 9.10. The number of aliphatic hydroxyl groups excluding tert-OH is 1. The molecule has 0 aliphatic rings. The summed E-state index contributed by atoms with van der Waals surface area (Å²) in [5.41, 5.74) is 0.943. The zero-order valence-corrected chi connectivity index (χ0v) is 11.0. The molecule has 0 radical (unpaired) electrons. The molecule has 0 aliphatic heterocycles. The van der Waals surface area contributed by atoms with Crippen molar-refractivity contribution < 1.29 is 5.11 Å². The fraction of sp³-hybridized carbons (Fsp3) is 0.500. The number of rotatable bonds is 4. The number of halogens is 1. The highest BCUT2D eigenvalue weighted by atomic mass is 79.9. The van der Waals surface area contributed by atoms with Gasteiger partial charge in [-0.05, 0) is 24.6 Å². The fourth-order valence-corrected chi connectivity index (χ4v) is 1.83. The third-order valence-corrected chi connectivity index (χ3v) is 2.81. The minimum absolute atomic E-state index is 0.0613. The molecule has 1 rings (SSSR count). The van der Waals surface area contributed by atoms with Crippen molar-refractivity contribution in [2.45, 2.75) is 39.0 Å². The van der Waals surface area contributed by atoms with Gasteiger partial charge in [-0.1, -0.05) is 41.9 Å². The van der Waals surface area contributed by atoms with Crippen molar-refractivity contribution >= 4 is 15.9 Å². The van der Waals surface area contributed by atoms with Crippen LogP contribution in [0, 0.1) is 0 Å². The lowest BCUT2D eigenvalue weighted by Crippen LogP contribution is -2.36. The van der Waals surface area contributed by atoms with Crippen molar-refractivity contribution in [3.05, 3.63) is 34.3 Å². The first-order chi connectivity index (χ1) is 7.00. The van der Waals surface area contributed by atoms with Crippen molar-refractivity contribution in [3.8, 4) is 0 Å². The molecule has 0 spiro atoms. The highest BCUT2D eigenvalue weighted by Gasteiger charge is 2.16. The van der Waals surface area contributed by atoms with E-state index in [1.165, 1.54) is 0 Å². The second-order valence-electron chi connectivity index (χ2n) is 4.11. The van der Waals surface area contributed by atoms with E-state index in [-0.39, 0.29) is 6.04 Å². The van der Waals surface area contributed by atoms with Gasteiger partial charge in [-0.3, -0.25) is 0 Å². The van der Waals surface area contributed by atoms with Crippen LogP contribution in [0.15, 0.2) is 28.7 Å². The number of benzene rings is 1. The average Bonchev–Trinajstić information content (AvgIpc) is 2.17. The maximum Gasteiger partial charge on any atom is 0.0940 e. The van der Waals surface area contributed by atoms with Gasteiger partial charge in [-0.2, -0.15) is 0 Å². The van der Waals surface area contributed by atoms with Gasteiger partial charge in [-0.25, -0.2) is 0 Å². The van der Waals surface area contributed by atoms with Gasteiger partial charge in [0, 0.05) is 16.6 Å². The molecule has 2 nitrogen and oxygen atoms in total. The first-order valence-corrected chi connectivity index (χ1v) is 5.99. The maximum atomic E-state index is 10.1. The molecule has 0 aromatic heterocycles. The summed E-state index contributed by atoms with van der Waals surface area (Å²) >= 11 is 3.37. The van der Waals surface area contributed by atoms with Gasteiger partial charge >= 0.3 is 0 Å². The van der Waals surface area contributed by atoms with Crippen LogP contribution in [-0.2, 0) is 0 Å². The predicted molar refractivity (Wildman–Crippen MR) is 66.8 cm³/mol. The van der Waals surface area contributed by atoms with E-state index in [9.17, 15) is 5.11 Å².